The van der Waals surface area contributed by atoms with Crippen molar-refractivity contribution in [2.24, 2.45) is 0 Å². The number of aliphatic hydroxyl groups is 2. The fourth-order valence-electron chi connectivity index (χ4n) is 3.75. The Labute approximate surface area is 181 Å². The average molecular weight is 448 g/mol. The van der Waals surface area contributed by atoms with Gasteiger partial charge < -0.3 is 29.2 Å². The molecule has 0 aliphatic carbocycles. The van der Waals surface area contributed by atoms with Crippen LogP contribution >= 0.6 is 0 Å². The van der Waals surface area contributed by atoms with Gasteiger partial charge >= 0.3 is 0 Å². The minimum atomic E-state index is -1.00. The number of nitrogens with zero attached hydrogens (tertiary/aromatic N) is 2. The third-order valence-corrected chi connectivity index (χ3v) is 5.28. The van der Waals surface area contributed by atoms with Gasteiger partial charge in [0.05, 0.1) is 23.1 Å². The SMILES string of the molecule is O=[N+]([O-])c1cccc(C2O[C@H]([C@H]3OC(c4cccc([N+](=O)[O-])c4)O[C@@H]3CO)[C@H](CO)O2)c1. The van der Waals surface area contributed by atoms with Crippen LogP contribution in [0.3, 0.4) is 0 Å². The maximum absolute atomic E-state index is 11.1. The monoisotopic (exact) mass is 448 g/mol. The van der Waals surface area contributed by atoms with Crippen molar-refractivity contribution >= 4 is 11.4 Å². The van der Waals surface area contributed by atoms with Crippen molar-refractivity contribution in [2.75, 3.05) is 13.2 Å². The Morgan fingerprint density at radius 2 is 1.12 bits per heavy atom. The second-order valence-electron chi connectivity index (χ2n) is 7.28. The molecule has 4 rings (SSSR count). The first-order chi connectivity index (χ1) is 15.4. The Morgan fingerprint density at radius 3 is 1.47 bits per heavy atom. The number of hydrogen-bond donors (Lipinski definition) is 2. The Morgan fingerprint density at radius 1 is 0.719 bits per heavy atom. The van der Waals surface area contributed by atoms with Gasteiger partial charge in [-0.05, 0) is 0 Å². The average Bonchev–Trinajstić information content (AvgIpc) is 3.43. The van der Waals surface area contributed by atoms with Gasteiger partial charge in [0.15, 0.2) is 12.6 Å². The van der Waals surface area contributed by atoms with E-state index in [2.05, 4.69) is 0 Å². The normalized spacial score (nSPS) is 29.8. The smallest absolute Gasteiger partial charge is 0.269 e. The van der Waals surface area contributed by atoms with Crippen LogP contribution in [-0.2, 0) is 18.9 Å². The highest BCUT2D eigenvalue weighted by Crippen LogP contribution is 2.41. The van der Waals surface area contributed by atoms with E-state index in [0.717, 1.165) is 0 Å². The molecule has 0 bridgehead atoms. The van der Waals surface area contributed by atoms with E-state index in [4.69, 9.17) is 18.9 Å². The largest absolute Gasteiger partial charge is 0.394 e. The Hall–Kier alpha value is -3.00. The van der Waals surface area contributed by atoms with Crippen LogP contribution in [0, 0.1) is 20.2 Å². The summed E-state index contributed by atoms with van der Waals surface area (Å²) < 4.78 is 23.3. The molecule has 2 unspecified atom stereocenters. The molecule has 32 heavy (non-hydrogen) atoms. The number of rotatable bonds is 7. The number of non-ortho nitro benzene ring substituents is 2. The molecule has 2 N–H and O–H groups in total. The molecule has 2 aromatic carbocycles. The molecule has 0 saturated carbocycles. The standard InChI is InChI=1S/C20H20N2O10/c23-9-15-17(31-19(29-15)11-3-1-5-13(7-11)21(25)26)18-16(10-24)30-20(32-18)12-4-2-6-14(8-12)22(27)28/h1-8,15-20,23-24H,9-10H2/t15-,16+,17-,18-,19?,20?/m0/s1. The molecule has 0 radical (unpaired) electrons. The van der Waals surface area contributed by atoms with Gasteiger partial charge in [0.25, 0.3) is 11.4 Å². The second-order valence-corrected chi connectivity index (χ2v) is 7.28. The second kappa shape index (κ2) is 9.24. The van der Waals surface area contributed by atoms with E-state index in [1.54, 1.807) is 12.1 Å². The van der Waals surface area contributed by atoms with Crippen LogP contribution in [0.25, 0.3) is 0 Å². The van der Waals surface area contributed by atoms with Crippen molar-refractivity contribution in [1.29, 1.82) is 0 Å². The Bertz CT molecular complexity index is 922. The minimum Gasteiger partial charge on any atom is -0.394 e. The van der Waals surface area contributed by atoms with Crippen LogP contribution in [0.5, 0.6) is 0 Å². The summed E-state index contributed by atoms with van der Waals surface area (Å²) in [5, 5.41) is 41.7. The van der Waals surface area contributed by atoms with E-state index >= 15 is 0 Å². The number of nitro groups is 2. The molecule has 2 saturated heterocycles. The molecule has 170 valence electrons. The molecule has 12 nitrogen and oxygen atoms in total. The third kappa shape index (κ3) is 4.32. The van der Waals surface area contributed by atoms with E-state index in [1.807, 2.05) is 0 Å². The van der Waals surface area contributed by atoms with Crippen molar-refractivity contribution in [1.82, 2.24) is 0 Å². The summed E-state index contributed by atoms with van der Waals surface area (Å²) in [5.41, 5.74) is 0.487. The Kier molecular flexibility index (Phi) is 6.41. The van der Waals surface area contributed by atoms with E-state index in [1.165, 1.54) is 36.4 Å². The van der Waals surface area contributed by atoms with Crippen molar-refractivity contribution in [3.8, 4) is 0 Å². The van der Waals surface area contributed by atoms with Gasteiger partial charge in [-0.1, -0.05) is 24.3 Å². The van der Waals surface area contributed by atoms with Crippen LogP contribution in [0.4, 0.5) is 11.4 Å². The first kappa shape index (κ1) is 22.2. The van der Waals surface area contributed by atoms with Crippen molar-refractivity contribution < 1.29 is 39.0 Å². The molecule has 2 aromatic rings. The van der Waals surface area contributed by atoms with Crippen LogP contribution in [0.2, 0.25) is 0 Å². The zero-order valence-corrected chi connectivity index (χ0v) is 16.6. The molecule has 6 atom stereocenters. The highest BCUT2D eigenvalue weighted by molar-refractivity contribution is 5.36. The van der Waals surface area contributed by atoms with E-state index in [-0.39, 0.29) is 11.4 Å². The first-order valence-corrected chi connectivity index (χ1v) is 9.73. The predicted molar refractivity (Wildman–Crippen MR) is 105 cm³/mol. The van der Waals surface area contributed by atoms with Crippen molar-refractivity contribution in [3.63, 3.8) is 0 Å². The lowest BCUT2D eigenvalue weighted by atomic mass is 10.0. The summed E-state index contributed by atoms with van der Waals surface area (Å²) in [6, 6.07) is 11.5. The minimum absolute atomic E-state index is 0.141. The topological polar surface area (TPSA) is 164 Å². The molecule has 2 heterocycles. The van der Waals surface area contributed by atoms with Crippen LogP contribution in [-0.4, -0.2) is 57.7 Å². The predicted octanol–water partition coefficient (Wildman–Crippen LogP) is 1.75. The summed E-state index contributed by atoms with van der Waals surface area (Å²) in [5.74, 6) is 0. The molecule has 2 fully saturated rings. The molecule has 0 spiro atoms. The lowest BCUT2D eigenvalue weighted by Gasteiger charge is -2.23. The number of aliphatic hydroxyl groups excluding tert-OH is 2. The lowest BCUT2D eigenvalue weighted by molar-refractivity contribution is -0.385. The van der Waals surface area contributed by atoms with Crippen LogP contribution < -0.4 is 0 Å². The quantitative estimate of drug-likeness (QED) is 0.471. The number of ether oxygens (including phenoxy) is 4. The van der Waals surface area contributed by atoms with Gasteiger partial charge in [-0.25, -0.2) is 0 Å². The number of benzene rings is 2. The van der Waals surface area contributed by atoms with Crippen molar-refractivity contribution in [3.05, 3.63) is 79.9 Å². The zero-order chi connectivity index (χ0) is 22.8. The fraction of sp³-hybridized carbons (Fsp3) is 0.400. The van der Waals surface area contributed by atoms with Gasteiger partial charge in [-0.15, -0.1) is 0 Å². The first-order valence-electron chi connectivity index (χ1n) is 9.73. The fourth-order valence-corrected chi connectivity index (χ4v) is 3.75. The molecule has 2 aliphatic rings. The lowest BCUT2D eigenvalue weighted by Crippen LogP contribution is -2.44. The highest BCUT2D eigenvalue weighted by atomic mass is 16.8. The molecule has 2 aliphatic heterocycles. The molecule has 0 aromatic heterocycles. The van der Waals surface area contributed by atoms with E-state index in [0.29, 0.717) is 11.1 Å². The Balaban J connectivity index is 1.55. The summed E-state index contributed by atoms with van der Waals surface area (Å²) in [6.07, 6.45) is -5.46. The van der Waals surface area contributed by atoms with Crippen LogP contribution in [0.1, 0.15) is 23.7 Å². The summed E-state index contributed by atoms with van der Waals surface area (Å²) >= 11 is 0. The van der Waals surface area contributed by atoms with Gasteiger partial charge in [-0.3, -0.25) is 20.2 Å². The maximum atomic E-state index is 11.1. The zero-order valence-electron chi connectivity index (χ0n) is 16.6. The van der Waals surface area contributed by atoms with E-state index in [9.17, 15) is 30.4 Å². The van der Waals surface area contributed by atoms with Gasteiger partial charge in [0, 0.05) is 35.4 Å². The van der Waals surface area contributed by atoms with Gasteiger partial charge in [0.2, 0.25) is 0 Å². The summed E-state index contributed by atoms with van der Waals surface area (Å²) in [7, 11) is 0. The molecule has 0 amide bonds. The van der Waals surface area contributed by atoms with Gasteiger partial charge in [0.1, 0.15) is 24.4 Å². The molecular formula is C20H20N2O10. The molecule has 12 heteroatoms. The van der Waals surface area contributed by atoms with Gasteiger partial charge in [-0.2, -0.15) is 0 Å². The number of nitro benzene ring substituents is 2. The maximum Gasteiger partial charge on any atom is 0.269 e. The third-order valence-electron chi connectivity index (χ3n) is 5.28. The van der Waals surface area contributed by atoms with E-state index < -0.39 is 60.1 Å². The number of hydrogen-bond acceptors (Lipinski definition) is 10. The summed E-state index contributed by atoms with van der Waals surface area (Å²) in [4.78, 5) is 21.0. The molecular weight excluding hydrogens is 428 g/mol. The van der Waals surface area contributed by atoms with Crippen molar-refractivity contribution in [2.45, 2.75) is 37.0 Å². The van der Waals surface area contributed by atoms with Crippen LogP contribution in [0.15, 0.2) is 48.5 Å². The summed E-state index contributed by atoms with van der Waals surface area (Å²) in [6.45, 7) is -0.870. The highest BCUT2D eigenvalue weighted by Gasteiger charge is 2.50.